The van der Waals surface area contributed by atoms with E-state index in [2.05, 4.69) is 26.1 Å². The number of hydrogen-bond donors (Lipinski definition) is 2. The van der Waals surface area contributed by atoms with Gasteiger partial charge in [0.05, 0.1) is 12.2 Å². The molecule has 4 nitrogen and oxygen atoms in total. The number of aryl methyl sites for hydroxylation is 1. The average Bonchev–Trinajstić information content (AvgIpc) is 2.86. The molecule has 1 aromatic carbocycles. The Balaban J connectivity index is 0.00000192. The van der Waals surface area contributed by atoms with Crippen LogP contribution < -0.4 is 11.1 Å². The average molecular weight is 403 g/mol. The second-order valence-corrected chi connectivity index (χ2v) is 7.60. The molecular weight excluding hydrogens is 378 g/mol. The standard InChI is InChI=1S/C17H24BrN3O.ClH/c1-11-5-6-16(14(18)7-11)20-17(22)10-21-8-12-3-2-4-15(19)13(12)9-21;/h5-7,12-13,15H,2-4,8-10,19H2,1H3,(H,20,22);1H. The highest BCUT2D eigenvalue weighted by molar-refractivity contribution is 9.10. The van der Waals surface area contributed by atoms with Gasteiger partial charge in [0.15, 0.2) is 0 Å². The highest BCUT2D eigenvalue weighted by Gasteiger charge is 2.38. The van der Waals surface area contributed by atoms with E-state index in [4.69, 9.17) is 5.73 Å². The van der Waals surface area contributed by atoms with Crippen LogP contribution in [-0.4, -0.2) is 36.5 Å². The fraction of sp³-hybridized carbons (Fsp3) is 0.588. The Morgan fingerprint density at radius 3 is 2.87 bits per heavy atom. The number of anilines is 1. The van der Waals surface area contributed by atoms with E-state index in [0.717, 1.165) is 29.7 Å². The Morgan fingerprint density at radius 1 is 1.39 bits per heavy atom. The van der Waals surface area contributed by atoms with Crippen LogP contribution in [0, 0.1) is 18.8 Å². The van der Waals surface area contributed by atoms with Gasteiger partial charge in [0.25, 0.3) is 0 Å². The van der Waals surface area contributed by atoms with Crippen LogP contribution in [0.4, 0.5) is 5.69 Å². The molecule has 3 atom stereocenters. The van der Waals surface area contributed by atoms with Crippen molar-refractivity contribution in [1.82, 2.24) is 4.90 Å². The summed E-state index contributed by atoms with van der Waals surface area (Å²) in [6, 6.07) is 6.28. The molecule has 1 heterocycles. The van der Waals surface area contributed by atoms with Crippen LogP contribution in [-0.2, 0) is 4.79 Å². The van der Waals surface area contributed by atoms with Gasteiger partial charge in [0.2, 0.25) is 5.91 Å². The SMILES string of the molecule is Cc1ccc(NC(=O)CN2CC3CCCC(N)C3C2)c(Br)c1.Cl. The lowest BCUT2D eigenvalue weighted by atomic mass is 9.78. The van der Waals surface area contributed by atoms with Crippen molar-refractivity contribution in [3.63, 3.8) is 0 Å². The van der Waals surface area contributed by atoms with Gasteiger partial charge in [-0.05, 0) is 65.2 Å². The van der Waals surface area contributed by atoms with Crippen LogP contribution in [0.25, 0.3) is 0 Å². The zero-order valence-corrected chi connectivity index (χ0v) is 15.8. The molecule has 1 aliphatic carbocycles. The third-order valence-electron chi connectivity index (χ3n) is 5.00. The Morgan fingerprint density at radius 2 is 2.17 bits per heavy atom. The number of fused-ring (bicyclic) bond motifs is 1. The van der Waals surface area contributed by atoms with E-state index in [0.29, 0.717) is 24.4 Å². The van der Waals surface area contributed by atoms with Gasteiger partial charge in [-0.2, -0.15) is 0 Å². The van der Waals surface area contributed by atoms with E-state index in [1.165, 1.54) is 18.4 Å². The van der Waals surface area contributed by atoms with Crippen molar-refractivity contribution in [2.75, 3.05) is 25.0 Å². The first-order valence-electron chi connectivity index (χ1n) is 8.07. The Hall–Kier alpha value is -0.620. The summed E-state index contributed by atoms with van der Waals surface area (Å²) >= 11 is 3.50. The number of nitrogens with zero attached hydrogens (tertiary/aromatic N) is 1. The quantitative estimate of drug-likeness (QED) is 0.816. The minimum atomic E-state index is 0. The zero-order chi connectivity index (χ0) is 15.7. The van der Waals surface area contributed by atoms with E-state index in [1.54, 1.807) is 0 Å². The molecule has 1 amide bonds. The predicted octanol–water partition coefficient (Wildman–Crippen LogP) is 3.18. The van der Waals surface area contributed by atoms with Crippen molar-refractivity contribution < 1.29 is 4.79 Å². The van der Waals surface area contributed by atoms with Crippen LogP contribution in [0.15, 0.2) is 22.7 Å². The summed E-state index contributed by atoms with van der Waals surface area (Å²) in [5.41, 5.74) is 8.24. The molecule has 0 aromatic heterocycles. The Kier molecular flexibility index (Phi) is 6.48. The zero-order valence-electron chi connectivity index (χ0n) is 13.4. The molecule has 1 saturated heterocycles. The molecule has 23 heavy (non-hydrogen) atoms. The van der Waals surface area contributed by atoms with Crippen molar-refractivity contribution >= 4 is 39.9 Å². The fourth-order valence-corrected chi connectivity index (χ4v) is 4.44. The van der Waals surface area contributed by atoms with Gasteiger partial charge in [-0.15, -0.1) is 12.4 Å². The molecule has 6 heteroatoms. The summed E-state index contributed by atoms with van der Waals surface area (Å²) < 4.78 is 0.929. The number of nitrogens with one attached hydrogen (secondary N) is 1. The summed E-state index contributed by atoms with van der Waals surface area (Å²) in [6.07, 6.45) is 3.64. The molecule has 1 aromatic rings. The molecule has 0 bridgehead atoms. The van der Waals surface area contributed by atoms with Crippen molar-refractivity contribution in [1.29, 1.82) is 0 Å². The summed E-state index contributed by atoms with van der Waals surface area (Å²) in [6.45, 7) is 4.47. The lowest BCUT2D eigenvalue weighted by Crippen LogP contribution is -2.38. The molecule has 3 rings (SSSR count). The molecular formula is C17H25BrClN3O. The number of nitrogens with two attached hydrogens (primary N) is 1. The van der Waals surface area contributed by atoms with Crippen LogP contribution >= 0.6 is 28.3 Å². The van der Waals surface area contributed by atoms with Crippen molar-refractivity contribution in [2.45, 2.75) is 32.2 Å². The monoisotopic (exact) mass is 401 g/mol. The lowest BCUT2D eigenvalue weighted by Gasteiger charge is -2.29. The first-order valence-corrected chi connectivity index (χ1v) is 8.86. The fourth-order valence-electron chi connectivity index (χ4n) is 3.85. The van der Waals surface area contributed by atoms with E-state index < -0.39 is 0 Å². The molecule has 2 fully saturated rings. The first kappa shape index (κ1) is 18.7. The molecule has 1 saturated carbocycles. The minimum Gasteiger partial charge on any atom is -0.327 e. The lowest BCUT2D eigenvalue weighted by molar-refractivity contribution is -0.117. The maximum absolute atomic E-state index is 12.3. The topological polar surface area (TPSA) is 58.4 Å². The Bertz CT molecular complexity index is 569. The number of carbonyl (C=O) groups is 1. The van der Waals surface area contributed by atoms with Crippen LogP contribution in [0.5, 0.6) is 0 Å². The summed E-state index contributed by atoms with van der Waals surface area (Å²) in [5.74, 6) is 1.31. The maximum atomic E-state index is 12.3. The molecule has 128 valence electrons. The normalized spacial score (nSPS) is 27.2. The smallest absolute Gasteiger partial charge is 0.238 e. The predicted molar refractivity (Wildman–Crippen MR) is 100 cm³/mol. The third kappa shape index (κ3) is 4.47. The molecule has 2 aliphatic rings. The number of rotatable bonds is 3. The van der Waals surface area contributed by atoms with Gasteiger partial charge < -0.3 is 11.1 Å². The molecule has 0 radical (unpaired) electrons. The number of likely N-dealkylation sites (tertiary alicyclic amines) is 1. The second kappa shape index (κ2) is 7.97. The summed E-state index contributed by atoms with van der Waals surface area (Å²) in [4.78, 5) is 14.5. The molecule has 3 N–H and O–H groups in total. The first-order chi connectivity index (χ1) is 10.5. The molecule has 0 spiro atoms. The largest absolute Gasteiger partial charge is 0.327 e. The summed E-state index contributed by atoms with van der Waals surface area (Å²) in [7, 11) is 0. The van der Waals surface area contributed by atoms with Gasteiger partial charge in [0.1, 0.15) is 0 Å². The second-order valence-electron chi connectivity index (χ2n) is 6.74. The summed E-state index contributed by atoms with van der Waals surface area (Å²) in [5, 5.41) is 3.00. The van der Waals surface area contributed by atoms with Crippen molar-refractivity contribution in [3.8, 4) is 0 Å². The highest BCUT2D eigenvalue weighted by Crippen LogP contribution is 2.35. The number of halogens is 2. The van der Waals surface area contributed by atoms with Gasteiger partial charge in [-0.25, -0.2) is 0 Å². The number of benzene rings is 1. The minimum absolute atomic E-state index is 0. The van der Waals surface area contributed by atoms with Gasteiger partial charge in [0, 0.05) is 23.6 Å². The van der Waals surface area contributed by atoms with Crippen molar-refractivity contribution in [2.24, 2.45) is 17.6 Å². The molecule has 1 aliphatic heterocycles. The molecule has 3 unspecified atom stereocenters. The van der Waals surface area contributed by atoms with Gasteiger partial charge >= 0.3 is 0 Å². The van der Waals surface area contributed by atoms with Gasteiger partial charge in [-0.3, -0.25) is 9.69 Å². The van der Waals surface area contributed by atoms with E-state index in [-0.39, 0.29) is 18.3 Å². The van der Waals surface area contributed by atoms with E-state index in [9.17, 15) is 4.79 Å². The van der Waals surface area contributed by atoms with Crippen LogP contribution in [0.2, 0.25) is 0 Å². The Labute approximate surface area is 152 Å². The number of amides is 1. The third-order valence-corrected chi connectivity index (χ3v) is 5.65. The van der Waals surface area contributed by atoms with Crippen LogP contribution in [0.3, 0.4) is 0 Å². The van der Waals surface area contributed by atoms with E-state index in [1.807, 2.05) is 25.1 Å². The maximum Gasteiger partial charge on any atom is 0.238 e. The number of hydrogen-bond acceptors (Lipinski definition) is 3. The van der Waals surface area contributed by atoms with E-state index >= 15 is 0 Å². The number of carbonyl (C=O) groups excluding carboxylic acids is 1. The highest BCUT2D eigenvalue weighted by atomic mass is 79.9. The van der Waals surface area contributed by atoms with Crippen LogP contribution in [0.1, 0.15) is 24.8 Å². The van der Waals surface area contributed by atoms with Gasteiger partial charge in [-0.1, -0.05) is 12.5 Å². The van der Waals surface area contributed by atoms with Crippen molar-refractivity contribution in [3.05, 3.63) is 28.2 Å².